The van der Waals surface area contributed by atoms with E-state index in [1.54, 1.807) is 4.57 Å². The van der Waals surface area contributed by atoms with Crippen LogP contribution in [0.4, 0.5) is 0 Å². The molecule has 0 saturated heterocycles. The molecule has 14 heavy (non-hydrogen) atoms. The van der Waals surface area contributed by atoms with Crippen molar-refractivity contribution in [1.29, 1.82) is 0 Å². The molecule has 0 aliphatic rings. The Hall–Kier alpha value is -0.650. The maximum Gasteiger partial charge on any atom is 0.173 e. The Morgan fingerprint density at radius 3 is 2.93 bits per heavy atom. The van der Waals surface area contributed by atoms with Crippen molar-refractivity contribution in [2.24, 2.45) is 0 Å². The molecule has 0 bridgehead atoms. The van der Waals surface area contributed by atoms with Gasteiger partial charge in [-0.3, -0.25) is 0 Å². The summed E-state index contributed by atoms with van der Waals surface area (Å²) in [5.41, 5.74) is 0.968. The molecule has 0 fully saturated rings. The van der Waals surface area contributed by atoms with Crippen LogP contribution in [-0.2, 0) is 17.0 Å². The van der Waals surface area contributed by atoms with E-state index in [-0.39, 0.29) is 5.88 Å². The number of hydrogen-bond acceptors (Lipinski definition) is 1. The number of aromatic nitrogens is 1. The zero-order valence-corrected chi connectivity index (χ0v) is 9.59. The van der Waals surface area contributed by atoms with Gasteiger partial charge in [0.1, 0.15) is 5.88 Å². The molecule has 0 saturated carbocycles. The average molecular weight is 274 g/mol. The molecule has 3 nitrogen and oxygen atoms in total. The van der Waals surface area contributed by atoms with Gasteiger partial charge in [0.25, 0.3) is 0 Å². The monoisotopic (exact) mass is 273 g/mol. The van der Waals surface area contributed by atoms with E-state index in [1.807, 2.05) is 30.5 Å². The Bertz CT molecular complexity index is 495. The molecule has 1 aromatic heterocycles. The zero-order valence-electron chi connectivity index (χ0n) is 7.18. The molecule has 5 heteroatoms. The van der Waals surface area contributed by atoms with Crippen LogP contribution in [0.25, 0.3) is 10.9 Å². The standard InChI is InChI=1S/C9H8BrNO2S/c10-8-1-2-9-7(5-8)3-4-11(9)6-14(12)13/h1-5H,6H2,(H,12,13). The molecular weight excluding hydrogens is 266 g/mol. The summed E-state index contributed by atoms with van der Waals surface area (Å²) in [5, 5.41) is 1.06. The fourth-order valence-corrected chi connectivity index (χ4v) is 2.24. The first-order valence-electron chi connectivity index (χ1n) is 3.98. The van der Waals surface area contributed by atoms with Crippen LogP contribution < -0.4 is 0 Å². The van der Waals surface area contributed by atoms with E-state index in [4.69, 9.17) is 4.55 Å². The van der Waals surface area contributed by atoms with Crippen molar-refractivity contribution in [2.75, 3.05) is 0 Å². The lowest BCUT2D eigenvalue weighted by Crippen LogP contribution is -2.01. The van der Waals surface area contributed by atoms with E-state index in [9.17, 15) is 4.21 Å². The molecule has 74 valence electrons. The topological polar surface area (TPSA) is 42.2 Å². The highest BCUT2D eigenvalue weighted by Crippen LogP contribution is 2.20. The van der Waals surface area contributed by atoms with Gasteiger partial charge in [-0.05, 0) is 24.3 Å². The smallest absolute Gasteiger partial charge is 0.173 e. The summed E-state index contributed by atoms with van der Waals surface area (Å²) in [6.45, 7) is 0. The van der Waals surface area contributed by atoms with Crippen LogP contribution >= 0.6 is 15.9 Å². The van der Waals surface area contributed by atoms with Crippen molar-refractivity contribution < 1.29 is 8.76 Å². The van der Waals surface area contributed by atoms with E-state index < -0.39 is 11.1 Å². The first-order chi connectivity index (χ1) is 6.66. The minimum Gasteiger partial charge on any atom is -0.333 e. The van der Waals surface area contributed by atoms with Gasteiger partial charge in [0.15, 0.2) is 11.1 Å². The van der Waals surface area contributed by atoms with Crippen LogP contribution in [0.15, 0.2) is 34.9 Å². The fraction of sp³-hybridized carbons (Fsp3) is 0.111. The molecule has 0 aliphatic heterocycles. The van der Waals surface area contributed by atoms with Crippen LogP contribution in [0, 0.1) is 0 Å². The van der Waals surface area contributed by atoms with Gasteiger partial charge < -0.3 is 9.12 Å². The van der Waals surface area contributed by atoms with Gasteiger partial charge in [-0.2, -0.15) is 0 Å². The van der Waals surface area contributed by atoms with Crippen LogP contribution in [0.2, 0.25) is 0 Å². The highest BCUT2D eigenvalue weighted by Gasteiger charge is 2.02. The predicted molar refractivity (Wildman–Crippen MR) is 60.4 cm³/mol. The van der Waals surface area contributed by atoms with E-state index in [1.165, 1.54) is 0 Å². The number of halogens is 1. The van der Waals surface area contributed by atoms with Crippen molar-refractivity contribution in [2.45, 2.75) is 5.88 Å². The Labute approximate surface area is 92.1 Å². The highest BCUT2D eigenvalue weighted by atomic mass is 79.9. The van der Waals surface area contributed by atoms with E-state index in [0.29, 0.717) is 0 Å². The third kappa shape index (κ3) is 1.89. The second-order valence-electron chi connectivity index (χ2n) is 2.94. The van der Waals surface area contributed by atoms with Gasteiger partial charge in [0.05, 0.1) is 0 Å². The number of rotatable bonds is 2. The minimum atomic E-state index is -1.81. The molecule has 1 atom stereocenters. The lowest BCUT2D eigenvalue weighted by molar-refractivity contribution is 0.553. The molecule has 1 aromatic carbocycles. The molecular formula is C9H8BrNO2S. The number of benzene rings is 1. The molecule has 2 rings (SSSR count). The molecule has 2 aromatic rings. The third-order valence-electron chi connectivity index (χ3n) is 1.98. The number of fused-ring (bicyclic) bond motifs is 1. The van der Waals surface area contributed by atoms with E-state index >= 15 is 0 Å². The van der Waals surface area contributed by atoms with Crippen molar-refractivity contribution in [3.63, 3.8) is 0 Å². The summed E-state index contributed by atoms with van der Waals surface area (Å²) in [6, 6.07) is 7.74. The molecule has 1 unspecified atom stereocenters. The summed E-state index contributed by atoms with van der Waals surface area (Å²) in [7, 11) is 0. The minimum absolute atomic E-state index is 0.116. The lowest BCUT2D eigenvalue weighted by Gasteiger charge is -2.01. The van der Waals surface area contributed by atoms with Gasteiger partial charge in [-0.25, -0.2) is 4.21 Å². The van der Waals surface area contributed by atoms with Gasteiger partial charge in [-0.1, -0.05) is 15.9 Å². The second-order valence-corrected chi connectivity index (χ2v) is 4.76. The Morgan fingerprint density at radius 1 is 1.43 bits per heavy atom. The fourth-order valence-electron chi connectivity index (χ4n) is 1.40. The predicted octanol–water partition coefficient (Wildman–Crippen LogP) is 2.58. The lowest BCUT2D eigenvalue weighted by atomic mass is 10.2. The van der Waals surface area contributed by atoms with Gasteiger partial charge in [0.2, 0.25) is 0 Å². The number of nitrogens with zero attached hydrogens (tertiary/aromatic N) is 1. The Balaban J connectivity index is 2.52. The quantitative estimate of drug-likeness (QED) is 0.855. The molecule has 0 aliphatic carbocycles. The SMILES string of the molecule is O=S(O)Cn1ccc2cc(Br)ccc21. The first-order valence-corrected chi connectivity index (χ1v) is 6.05. The summed E-state index contributed by atoms with van der Waals surface area (Å²) in [4.78, 5) is 0. The third-order valence-corrected chi connectivity index (χ3v) is 2.97. The average Bonchev–Trinajstić information content (AvgIpc) is 2.47. The maximum absolute atomic E-state index is 10.7. The normalized spacial score (nSPS) is 13.3. The molecule has 0 radical (unpaired) electrons. The Morgan fingerprint density at radius 2 is 2.21 bits per heavy atom. The molecule has 0 spiro atoms. The molecule has 0 amide bonds. The van der Waals surface area contributed by atoms with Crippen LogP contribution in [-0.4, -0.2) is 13.3 Å². The van der Waals surface area contributed by atoms with E-state index in [2.05, 4.69) is 15.9 Å². The van der Waals surface area contributed by atoms with E-state index in [0.717, 1.165) is 15.4 Å². The van der Waals surface area contributed by atoms with Crippen LogP contribution in [0.1, 0.15) is 0 Å². The summed E-state index contributed by atoms with van der Waals surface area (Å²) >= 11 is 1.57. The van der Waals surface area contributed by atoms with Crippen molar-refractivity contribution in [3.05, 3.63) is 34.9 Å². The summed E-state index contributed by atoms with van der Waals surface area (Å²) in [6.07, 6.45) is 1.81. The Kier molecular flexibility index (Phi) is 2.71. The van der Waals surface area contributed by atoms with Gasteiger partial charge in [0, 0.05) is 21.6 Å². The summed E-state index contributed by atoms with van der Waals surface area (Å²) in [5.74, 6) is 0.116. The van der Waals surface area contributed by atoms with Crippen molar-refractivity contribution in [1.82, 2.24) is 4.57 Å². The van der Waals surface area contributed by atoms with Crippen LogP contribution in [0.3, 0.4) is 0 Å². The molecule has 1 N–H and O–H groups in total. The largest absolute Gasteiger partial charge is 0.333 e. The first kappa shape index (κ1) is 9.89. The molecule has 1 heterocycles. The van der Waals surface area contributed by atoms with Crippen LogP contribution in [0.5, 0.6) is 0 Å². The second kappa shape index (κ2) is 3.84. The van der Waals surface area contributed by atoms with Gasteiger partial charge >= 0.3 is 0 Å². The zero-order chi connectivity index (χ0) is 10.1. The van der Waals surface area contributed by atoms with Gasteiger partial charge in [-0.15, -0.1) is 0 Å². The maximum atomic E-state index is 10.7. The number of hydrogen-bond donors (Lipinski definition) is 1. The highest BCUT2D eigenvalue weighted by molar-refractivity contribution is 9.10. The van der Waals surface area contributed by atoms with Crippen molar-refractivity contribution >= 4 is 37.9 Å². The summed E-state index contributed by atoms with van der Waals surface area (Å²) < 4.78 is 22.2. The van der Waals surface area contributed by atoms with Crippen molar-refractivity contribution in [3.8, 4) is 0 Å².